The van der Waals surface area contributed by atoms with Crippen molar-refractivity contribution in [2.45, 2.75) is 20.0 Å². The third kappa shape index (κ3) is 3.21. The SMILES string of the molecule is Cc1ccc(Nc2nc3cccc(-c4ccc5nc(C(C)O)[nH]c5c4)n3n2)cc1. The molecule has 7 heteroatoms. The first-order chi connectivity index (χ1) is 14.1. The molecule has 0 spiro atoms. The van der Waals surface area contributed by atoms with E-state index in [2.05, 4.69) is 32.3 Å². The van der Waals surface area contributed by atoms with Crippen LogP contribution >= 0.6 is 0 Å². The summed E-state index contributed by atoms with van der Waals surface area (Å²) in [6.45, 7) is 3.75. The molecule has 0 aliphatic carbocycles. The lowest BCUT2D eigenvalue weighted by Gasteiger charge is -2.04. The van der Waals surface area contributed by atoms with Gasteiger partial charge in [-0.3, -0.25) is 0 Å². The smallest absolute Gasteiger partial charge is 0.247 e. The van der Waals surface area contributed by atoms with Crippen LogP contribution in [0.2, 0.25) is 0 Å². The Bertz CT molecular complexity index is 1320. The number of anilines is 2. The summed E-state index contributed by atoms with van der Waals surface area (Å²) in [4.78, 5) is 12.2. The van der Waals surface area contributed by atoms with Crippen molar-refractivity contribution in [1.29, 1.82) is 0 Å². The number of hydrogen-bond acceptors (Lipinski definition) is 5. The molecule has 5 rings (SSSR count). The van der Waals surface area contributed by atoms with Gasteiger partial charge in [0.15, 0.2) is 5.65 Å². The average molecular weight is 384 g/mol. The first kappa shape index (κ1) is 17.4. The number of H-pyrrole nitrogens is 1. The first-order valence-corrected chi connectivity index (χ1v) is 9.44. The summed E-state index contributed by atoms with van der Waals surface area (Å²) < 4.78 is 1.82. The van der Waals surface area contributed by atoms with E-state index >= 15 is 0 Å². The summed E-state index contributed by atoms with van der Waals surface area (Å²) in [7, 11) is 0. The number of nitrogens with zero attached hydrogens (tertiary/aromatic N) is 4. The molecule has 3 aromatic heterocycles. The Morgan fingerprint density at radius 1 is 1.03 bits per heavy atom. The van der Waals surface area contributed by atoms with Crippen LogP contribution in [0.5, 0.6) is 0 Å². The monoisotopic (exact) mass is 384 g/mol. The van der Waals surface area contributed by atoms with Crippen LogP contribution in [-0.2, 0) is 0 Å². The maximum absolute atomic E-state index is 9.77. The molecule has 29 heavy (non-hydrogen) atoms. The standard InChI is InChI=1S/C22H20N6O/c1-13-6-9-16(10-7-13)23-22-26-20-5-3-4-19(28(20)27-22)15-8-11-17-18(12-15)25-21(24-17)14(2)29/h3-12,14,29H,1-2H3,(H,23,27)(H,24,25). The molecule has 1 unspecified atom stereocenters. The van der Waals surface area contributed by atoms with Gasteiger partial charge in [-0.15, -0.1) is 5.10 Å². The highest BCUT2D eigenvalue weighted by atomic mass is 16.3. The summed E-state index contributed by atoms with van der Waals surface area (Å²) in [5, 5.41) is 17.7. The van der Waals surface area contributed by atoms with Crippen molar-refractivity contribution in [3.05, 3.63) is 72.1 Å². The lowest BCUT2D eigenvalue weighted by Crippen LogP contribution is -1.95. The third-order valence-electron chi connectivity index (χ3n) is 4.86. The summed E-state index contributed by atoms with van der Waals surface area (Å²) in [5.41, 5.74) is 6.49. The van der Waals surface area contributed by atoms with Gasteiger partial charge in [-0.1, -0.05) is 29.8 Å². The van der Waals surface area contributed by atoms with Crippen LogP contribution in [0.4, 0.5) is 11.6 Å². The van der Waals surface area contributed by atoms with Gasteiger partial charge in [-0.25, -0.2) is 9.50 Å². The van der Waals surface area contributed by atoms with E-state index in [0.717, 1.165) is 33.6 Å². The van der Waals surface area contributed by atoms with Crippen LogP contribution < -0.4 is 5.32 Å². The molecule has 5 aromatic rings. The number of hydrogen-bond donors (Lipinski definition) is 3. The Hall–Kier alpha value is -3.71. The summed E-state index contributed by atoms with van der Waals surface area (Å²) >= 11 is 0. The van der Waals surface area contributed by atoms with Gasteiger partial charge in [0.1, 0.15) is 11.9 Å². The molecule has 0 amide bonds. The fraction of sp³-hybridized carbons (Fsp3) is 0.136. The van der Waals surface area contributed by atoms with Gasteiger partial charge in [-0.2, -0.15) is 4.98 Å². The Kier molecular flexibility index (Phi) is 4.03. The molecule has 2 aromatic carbocycles. The number of aromatic amines is 1. The van der Waals surface area contributed by atoms with E-state index in [-0.39, 0.29) is 0 Å². The highest BCUT2D eigenvalue weighted by molar-refractivity contribution is 5.81. The predicted molar refractivity (Wildman–Crippen MR) is 113 cm³/mol. The van der Waals surface area contributed by atoms with E-state index in [4.69, 9.17) is 0 Å². The second kappa shape index (κ2) is 6.72. The number of nitrogens with one attached hydrogen (secondary N) is 2. The minimum atomic E-state index is -0.639. The molecule has 144 valence electrons. The van der Waals surface area contributed by atoms with E-state index in [0.29, 0.717) is 11.8 Å². The highest BCUT2D eigenvalue weighted by Crippen LogP contribution is 2.26. The lowest BCUT2D eigenvalue weighted by molar-refractivity contribution is 0.190. The number of pyridine rings is 1. The Labute approximate surface area is 167 Å². The Morgan fingerprint density at radius 3 is 2.66 bits per heavy atom. The van der Waals surface area contributed by atoms with Crippen molar-refractivity contribution in [2.75, 3.05) is 5.32 Å². The second-order valence-electron chi connectivity index (χ2n) is 7.14. The number of rotatable bonds is 4. The molecule has 0 saturated carbocycles. The average Bonchev–Trinajstić information content (AvgIpc) is 3.32. The zero-order valence-electron chi connectivity index (χ0n) is 16.1. The lowest BCUT2D eigenvalue weighted by atomic mass is 10.1. The number of benzene rings is 2. The number of imidazole rings is 1. The summed E-state index contributed by atoms with van der Waals surface area (Å²) in [6, 6.07) is 20.0. The molecule has 0 aliphatic heterocycles. The minimum absolute atomic E-state index is 0.542. The zero-order valence-corrected chi connectivity index (χ0v) is 16.1. The minimum Gasteiger partial charge on any atom is -0.385 e. The van der Waals surface area contributed by atoms with Gasteiger partial charge >= 0.3 is 0 Å². The van der Waals surface area contributed by atoms with Crippen molar-refractivity contribution >= 4 is 28.3 Å². The maximum atomic E-state index is 9.77. The van der Waals surface area contributed by atoms with Crippen LogP contribution in [-0.4, -0.2) is 29.7 Å². The van der Waals surface area contributed by atoms with E-state index in [1.54, 1.807) is 6.92 Å². The number of aliphatic hydroxyl groups is 1. The quantitative estimate of drug-likeness (QED) is 0.428. The topological polar surface area (TPSA) is 91.1 Å². The maximum Gasteiger partial charge on any atom is 0.247 e. The Morgan fingerprint density at radius 2 is 1.86 bits per heavy atom. The van der Waals surface area contributed by atoms with Gasteiger partial charge in [0.05, 0.1) is 16.7 Å². The third-order valence-corrected chi connectivity index (χ3v) is 4.86. The van der Waals surface area contributed by atoms with Crippen LogP contribution in [0.1, 0.15) is 24.4 Å². The van der Waals surface area contributed by atoms with Crippen molar-refractivity contribution in [3.8, 4) is 11.3 Å². The number of aryl methyl sites for hydroxylation is 1. The predicted octanol–water partition coefficient (Wildman–Crippen LogP) is 4.38. The molecule has 3 heterocycles. The first-order valence-electron chi connectivity index (χ1n) is 9.44. The normalized spacial score (nSPS) is 12.5. The zero-order chi connectivity index (χ0) is 20.0. The van der Waals surface area contributed by atoms with Gasteiger partial charge in [-0.05, 0) is 50.2 Å². The van der Waals surface area contributed by atoms with Gasteiger partial charge < -0.3 is 15.4 Å². The van der Waals surface area contributed by atoms with E-state index in [1.165, 1.54) is 5.56 Å². The number of fused-ring (bicyclic) bond motifs is 2. The van der Waals surface area contributed by atoms with E-state index < -0.39 is 6.10 Å². The molecular weight excluding hydrogens is 364 g/mol. The van der Waals surface area contributed by atoms with Crippen molar-refractivity contribution in [2.24, 2.45) is 0 Å². The molecular formula is C22H20N6O. The van der Waals surface area contributed by atoms with Crippen molar-refractivity contribution in [3.63, 3.8) is 0 Å². The molecule has 0 bridgehead atoms. The molecule has 0 radical (unpaired) electrons. The van der Waals surface area contributed by atoms with Crippen LogP contribution in [0.25, 0.3) is 27.9 Å². The highest BCUT2D eigenvalue weighted by Gasteiger charge is 2.12. The largest absolute Gasteiger partial charge is 0.385 e. The number of aromatic nitrogens is 5. The summed E-state index contributed by atoms with van der Waals surface area (Å²) in [5.74, 6) is 1.10. The van der Waals surface area contributed by atoms with Crippen molar-refractivity contribution < 1.29 is 5.11 Å². The second-order valence-corrected chi connectivity index (χ2v) is 7.14. The molecule has 1 atom stereocenters. The fourth-order valence-corrected chi connectivity index (χ4v) is 3.33. The molecule has 0 aliphatic rings. The van der Waals surface area contributed by atoms with Crippen molar-refractivity contribution in [1.82, 2.24) is 24.6 Å². The van der Waals surface area contributed by atoms with E-state index in [9.17, 15) is 5.11 Å². The Balaban J connectivity index is 1.55. The fourth-order valence-electron chi connectivity index (χ4n) is 3.33. The van der Waals surface area contributed by atoms with Crippen LogP contribution in [0.3, 0.4) is 0 Å². The van der Waals surface area contributed by atoms with Crippen LogP contribution in [0.15, 0.2) is 60.7 Å². The molecule has 0 fully saturated rings. The molecule has 3 N–H and O–H groups in total. The van der Waals surface area contributed by atoms with Crippen LogP contribution in [0, 0.1) is 6.92 Å². The molecule has 7 nitrogen and oxygen atoms in total. The van der Waals surface area contributed by atoms with Gasteiger partial charge in [0.25, 0.3) is 0 Å². The van der Waals surface area contributed by atoms with E-state index in [1.807, 2.05) is 65.2 Å². The van der Waals surface area contributed by atoms with Gasteiger partial charge in [0, 0.05) is 11.3 Å². The van der Waals surface area contributed by atoms with Gasteiger partial charge in [0.2, 0.25) is 5.95 Å². The molecule has 0 saturated heterocycles. The number of aliphatic hydroxyl groups excluding tert-OH is 1. The summed E-state index contributed by atoms with van der Waals surface area (Å²) in [6.07, 6.45) is -0.639.